The van der Waals surface area contributed by atoms with Crippen molar-refractivity contribution in [3.05, 3.63) is 11.6 Å². The zero-order chi connectivity index (χ0) is 13.7. The second-order valence-electron chi connectivity index (χ2n) is 5.03. The molecular weight excluding hydrogens is 232 g/mol. The zero-order valence-corrected chi connectivity index (χ0v) is 11.6. The van der Waals surface area contributed by atoms with Gasteiger partial charge in [0.25, 0.3) is 0 Å². The Labute approximate surface area is 108 Å². The van der Waals surface area contributed by atoms with Crippen molar-refractivity contribution in [3.63, 3.8) is 0 Å². The highest BCUT2D eigenvalue weighted by molar-refractivity contribution is 5.67. The molecule has 1 rings (SSSR count). The number of ether oxygens (including phenoxy) is 2. The lowest BCUT2D eigenvalue weighted by molar-refractivity contribution is -0.169. The van der Waals surface area contributed by atoms with Crippen molar-refractivity contribution in [2.45, 2.75) is 59.2 Å². The summed E-state index contributed by atoms with van der Waals surface area (Å²) in [5.41, 5.74) is 1.17. The average molecular weight is 254 g/mol. The highest BCUT2D eigenvalue weighted by Crippen LogP contribution is 2.27. The van der Waals surface area contributed by atoms with Crippen molar-refractivity contribution in [1.29, 1.82) is 0 Å². The summed E-state index contributed by atoms with van der Waals surface area (Å²) in [6.07, 6.45) is 3.96. The van der Waals surface area contributed by atoms with Gasteiger partial charge in [-0.3, -0.25) is 9.59 Å². The normalized spacial score (nSPS) is 28.7. The van der Waals surface area contributed by atoms with Gasteiger partial charge in [-0.15, -0.1) is 0 Å². The van der Waals surface area contributed by atoms with E-state index in [2.05, 4.69) is 6.08 Å². The second kappa shape index (κ2) is 6.57. The van der Waals surface area contributed by atoms with Crippen LogP contribution < -0.4 is 0 Å². The Morgan fingerprint density at radius 3 is 2.39 bits per heavy atom. The molecule has 3 unspecified atom stereocenters. The third kappa shape index (κ3) is 4.51. The van der Waals surface area contributed by atoms with Crippen LogP contribution in [0, 0.1) is 5.92 Å². The maximum absolute atomic E-state index is 11.2. The molecule has 4 heteroatoms. The lowest BCUT2D eigenvalue weighted by atomic mass is 9.88. The number of hydrogen-bond donors (Lipinski definition) is 0. The third-order valence-corrected chi connectivity index (χ3v) is 3.18. The smallest absolute Gasteiger partial charge is 0.303 e. The van der Waals surface area contributed by atoms with Crippen LogP contribution >= 0.6 is 0 Å². The van der Waals surface area contributed by atoms with E-state index in [1.165, 1.54) is 19.4 Å². The Kier molecular flexibility index (Phi) is 5.38. The molecule has 0 saturated carbocycles. The van der Waals surface area contributed by atoms with Gasteiger partial charge < -0.3 is 9.47 Å². The van der Waals surface area contributed by atoms with Gasteiger partial charge in [-0.2, -0.15) is 0 Å². The molecule has 3 atom stereocenters. The molecule has 0 spiro atoms. The van der Waals surface area contributed by atoms with E-state index in [-0.39, 0.29) is 30.1 Å². The van der Waals surface area contributed by atoms with E-state index in [4.69, 9.17) is 9.47 Å². The van der Waals surface area contributed by atoms with E-state index in [0.29, 0.717) is 6.42 Å². The van der Waals surface area contributed by atoms with Gasteiger partial charge in [-0.25, -0.2) is 0 Å². The first-order valence-electron chi connectivity index (χ1n) is 6.40. The molecule has 18 heavy (non-hydrogen) atoms. The molecule has 0 bridgehead atoms. The number of allylic oxidation sites excluding steroid dienone is 1. The zero-order valence-electron chi connectivity index (χ0n) is 11.6. The van der Waals surface area contributed by atoms with Crippen LogP contribution in [0.15, 0.2) is 11.6 Å². The maximum Gasteiger partial charge on any atom is 0.303 e. The summed E-state index contributed by atoms with van der Waals surface area (Å²) < 4.78 is 10.7. The minimum absolute atomic E-state index is 0.183. The summed E-state index contributed by atoms with van der Waals surface area (Å²) in [5.74, 6) is -0.480. The number of carbonyl (C=O) groups is 2. The Morgan fingerprint density at radius 2 is 1.83 bits per heavy atom. The third-order valence-electron chi connectivity index (χ3n) is 3.18. The standard InChI is InChI=1S/C14H22O4/c1-9-6-5-7-10(2)14(18-12(4)16)13(8-9)17-11(3)15/h6,10,13-14H,5,7-8H2,1-4H3. The molecule has 0 aliphatic heterocycles. The van der Waals surface area contributed by atoms with Crippen molar-refractivity contribution in [3.8, 4) is 0 Å². The average Bonchev–Trinajstić information content (AvgIpc) is 2.22. The van der Waals surface area contributed by atoms with Crippen molar-refractivity contribution >= 4 is 11.9 Å². The lowest BCUT2D eigenvalue weighted by Crippen LogP contribution is -2.40. The first kappa shape index (κ1) is 14.7. The second-order valence-corrected chi connectivity index (χ2v) is 5.03. The summed E-state index contributed by atoms with van der Waals surface area (Å²) in [6, 6.07) is 0. The first-order valence-corrected chi connectivity index (χ1v) is 6.40. The van der Waals surface area contributed by atoms with Crippen molar-refractivity contribution in [1.82, 2.24) is 0 Å². The Morgan fingerprint density at radius 1 is 1.22 bits per heavy atom. The van der Waals surface area contributed by atoms with Gasteiger partial charge in [-0.05, 0) is 25.7 Å². The summed E-state index contributed by atoms with van der Waals surface area (Å²) in [4.78, 5) is 22.4. The van der Waals surface area contributed by atoms with Gasteiger partial charge in [-0.1, -0.05) is 18.6 Å². The highest BCUT2D eigenvalue weighted by atomic mass is 16.6. The molecule has 0 aromatic rings. The fourth-order valence-corrected chi connectivity index (χ4v) is 2.35. The van der Waals surface area contributed by atoms with E-state index in [0.717, 1.165) is 12.8 Å². The SMILES string of the molecule is CC(=O)OC1CC(C)=CCCC(C)C1OC(C)=O. The molecule has 0 radical (unpaired) electrons. The molecule has 0 N–H and O–H groups in total. The number of esters is 2. The van der Waals surface area contributed by atoms with Crippen LogP contribution in [0.1, 0.15) is 47.0 Å². The van der Waals surface area contributed by atoms with Crippen LogP contribution in [0.4, 0.5) is 0 Å². The number of carbonyl (C=O) groups excluding carboxylic acids is 2. The summed E-state index contributed by atoms with van der Waals surface area (Å²) in [5, 5.41) is 0. The van der Waals surface area contributed by atoms with E-state index in [9.17, 15) is 9.59 Å². The number of hydrogen-bond acceptors (Lipinski definition) is 4. The quantitative estimate of drug-likeness (QED) is 0.561. The fraction of sp³-hybridized carbons (Fsp3) is 0.714. The molecule has 1 aliphatic carbocycles. The van der Waals surface area contributed by atoms with Crippen molar-refractivity contribution < 1.29 is 19.1 Å². The molecule has 102 valence electrons. The fourth-order valence-electron chi connectivity index (χ4n) is 2.35. The Bertz CT molecular complexity index is 346. The van der Waals surface area contributed by atoms with E-state index in [1.54, 1.807) is 0 Å². The summed E-state index contributed by atoms with van der Waals surface area (Å²) in [6.45, 7) is 6.81. The van der Waals surface area contributed by atoms with Crippen LogP contribution in [0.2, 0.25) is 0 Å². The predicted molar refractivity (Wildman–Crippen MR) is 67.9 cm³/mol. The van der Waals surface area contributed by atoms with Gasteiger partial charge in [0.15, 0.2) is 0 Å². The van der Waals surface area contributed by atoms with Crippen LogP contribution in [0.5, 0.6) is 0 Å². The summed E-state index contributed by atoms with van der Waals surface area (Å²) >= 11 is 0. The monoisotopic (exact) mass is 254 g/mol. The minimum Gasteiger partial charge on any atom is -0.458 e. The van der Waals surface area contributed by atoms with Gasteiger partial charge in [0.1, 0.15) is 12.2 Å². The first-order chi connectivity index (χ1) is 8.40. The molecule has 0 aromatic carbocycles. The van der Waals surface area contributed by atoms with Crippen LogP contribution in [0.3, 0.4) is 0 Å². The van der Waals surface area contributed by atoms with Crippen LogP contribution in [0.25, 0.3) is 0 Å². The largest absolute Gasteiger partial charge is 0.458 e. The van der Waals surface area contributed by atoms with Gasteiger partial charge in [0.2, 0.25) is 0 Å². The lowest BCUT2D eigenvalue weighted by Gasteiger charge is -2.32. The van der Waals surface area contributed by atoms with Crippen LogP contribution in [-0.4, -0.2) is 24.1 Å². The molecule has 0 saturated heterocycles. The van der Waals surface area contributed by atoms with Crippen molar-refractivity contribution in [2.24, 2.45) is 5.92 Å². The molecule has 0 heterocycles. The van der Waals surface area contributed by atoms with Gasteiger partial charge >= 0.3 is 11.9 Å². The maximum atomic E-state index is 11.2. The Balaban J connectivity index is 2.90. The van der Waals surface area contributed by atoms with E-state index >= 15 is 0 Å². The van der Waals surface area contributed by atoms with Gasteiger partial charge in [0, 0.05) is 20.3 Å². The topological polar surface area (TPSA) is 52.6 Å². The molecular formula is C14H22O4. The predicted octanol–water partition coefficient (Wildman–Crippen LogP) is 2.62. The molecule has 1 aliphatic rings. The summed E-state index contributed by atoms with van der Waals surface area (Å²) in [7, 11) is 0. The minimum atomic E-state index is -0.377. The number of rotatable bonds is 2. The molecule has 0 aromatic heterocycles. The molecule has 4 nitrogen and oxygen atoms in total. The van der Waals surface area contributed by atoms with Gasteiger partial charge in [0.05, 0.1) is 0 Å². The van der Waals surface area contributed by atoms with E-state index in [1.807, 2.05) is 13.8 Å². The highest BCUT2D eigenvalue weighted by Gasteiger charge is 2.33. The van der Waals surface area contributed by atoms with Crippen LogP contribution in [-0.2, 0) is 19.1 Å². The van der Waals surface area contributed by atoms with Crippen molar-refractivity contribution in [2.75, 3.05) is 0 Å². The molecule has 0 fully saturated rings. The Hall–Kier alpha value is -1.32. The van der Waals surface area contributed by atoms with E-state index < -0.39 is 0 Å². The molecule has 0 amide bonds.